The highest BCUT2D eigenvalue weighted by Crippen LogP contribution is 2.22. The summed E-state index contributed by atoms with van der Waals surface area (Å²) in [6.45, 7) is 4.33. The maximum absolute atomic E-state index is 13.7. The summed E-state index contributed by atoms with van der Waals surface area (Å²) in [4.78, 5) is 0. The van der Waals surface area contributed by atoms with Crippen molar-refractivity contribution in [1.29, 1.82) is 0 Å². The fourth-order valence-corrected chi connectivity index (χ4v) is 2.58. The molecule has 3 heteroatoms. The molecule has 0 fully saturated rings. The third kappa shape index (κ3) is 4.58. The van der Waals surface area contributed by atoms with Gasteiger partial charge in [-0.15, -0.1) is 0 Å². The Bertz CT molecular complexity index is 362. The molecule has 1 aromatic rings. The Labute approximate surface area is 115 Å². The minimum absolute atomic E-state index is 0.0283. The van der Waals surface area contributed by atoms with Gasteiger partial charge >= 0.3 is 0 Å². The van der Waals surface area contributed by atoms with E-state index in [1.165, 1.54) is 6.07 Å². The minimum atomic E-state index is -0.246. The third-order valence-corrected chi connectivity index (χ3v) is 3.63. The summed E-state index contributed by atoms with van der Waals surface area (Å²) < 4.78 is 13.7. The molecule has 0 aliphatic rings. The Morgan fingerprint density at radius 3 is 2.33 bits per heavy atom. The van der Waals surface area contributed by atoms with Crippen LogP contribution in [0.5, 0.6) is 0 Å². The molecule has 0 aliphatic carbocycles. The molecule has 1 aromatic carbocycles. The second-order valence-electron chi connectivity index (χ2n) is 4.94. The standard InChI is InChI=1S/C15H23ClFN/c1-3-5-11(6-4-2)15(18)9-12-7-8-13(16)10-14(12)17/h7-8,10-11,15H,3-6,9,18H2,1-2H3. The quantitative estimate of drug-likeness (QED) is 0.773. The third-order valence-electron chi connectivity index (χ3n) is 3.40. The van der Waals surface area contributed by atoms with Crippen molar-refractivity contribution in [2.75, 3.05) is 0 Å². The zero-order valence-electron chi connectivity index (χ0n) is 11.3. The van der Waals surface area contributed by atoms with Gasteiger partial charge in [0.25, 0.3) is 0 Å². The van der Waals surface area contributed by atoms with Crippen LogP contribution in [-0.4, -0.2) is 6.04 Å². The highest BCUT2D eigenvalue weighted by atomic mass is 35.5. The van der Waals surface area contributed by atoms with E-state index in [-0.39, 0.29) is 11.9 Å². The molecule has 1 rings (SSSR count). The molecular weight excluding hydrogens is 249 g/mol. The van der Waals surface area contributed by atoms with Gasteiger partial charge in [-0.25, -0.2) is 4.39 Å². The largest absolute Gasteiger partial charge is 0.327 e. The topological polar surface area (TPSA) is 26.0 Å². The predicted molar refractivity (Wildman–Crippen MR) is 76.4 cm³/mol. The van der Waals surface area contributed by atoms with Crippen LogP contribution in [0.4, 0.5) is 4.39 Å². The lowest BCUT2D eigenvalue weighted by atomic mass is 9.87. The summed E-state index contributed by atoms with van der Waals surface area (Å²) in [6, 6.07) is 4.85. The number of hydrogen-bond donors (Lipinski definition) is 1. The lowest BCUT2D eigenvalue weighted by Gasteiger charge is -2.23. The molecule has 1 atom stereocenters. The Balaban J connectivity index is 2.69. The highest BCUT2D eigenvalue weighted by molar-refractivity contribution is 6.30. The Morgan fingerprint density at radius 1 is 1.22 bits per heavy atom. The molecule has 0 aliphatic heterocycles. The zero-order chi connectivity index (χ0) is 13.5. The van der Waals surface area contributed by atoms with E-state index in [1.54, 1.807) is 12.1 Å². The smallest absolute Gasteiger partial charge is 0.127 e. The summed E-state index contributed by atoms with van der Waals surface area (Å²) >= 11 is 5.74. The van der Waals surface area contributed by atoms with E-state index in [4.69, 9.17) is 17.3 Å². The van der Waals surface area contributed by atoms with Gasteiger partial charge < -0.3 is 5.73 Å². The summed E-state index contributed by atoms with van der Waals surface area (Å²) in [7, 11) is 0. The van der Waals surface area contributed by atoms with Crippen molar-refractivity contribution in [3.8, 4) is 0 Å². The molecule has 1 nitrogen and oxygen atoms in total. The van der Waals surface area contributed by atoms with Gasteiger partial charge in [-0.3, -0.25) is 0 Å². The van der Waals surface area contributed by atoms with E-state index in [0.717, 1.165) is 25.7 Å². The van der Waals surface area contributed by atoms with Crippen LogP contribution in [0, 0.1) is 11.7 Å². The van der Waals surface area contributed by atoms with E-state index in [9.17, 15) is 4.39 Å². The van der Waals surface area contributed by atoms with Crippen LogP contribution >= 0.6 is 11.6 Å². The van der Waals surface area contributed by atoms with Crippen LogP contribution in [0.2, 0.25) is 5.02 Å². The number of rotatable bonds is 7. The van der Waals surface area contributed by atoms with Gasteiger partial charge in [0.1, 0.15) is 5.82 Å². The normalized spacial score (nSPS) is 13.0. The molecule has 1 unspecified atom stereocenters. The Hall–Kier alpha value is -0.600. The van der Waals surface area contributed by atoms with Crippen LogP contribution in [-0.2, 0) is 6.42 Å². The van der Waals surface area contributed by atoms with Crippen LogP contribution in [0.25, 0.3) is 0 Å². The molecule has 0 heterocycles. The van der Waals surface area contributed by atoms with Crippen molar-refractivity contribution in [3.05, 3.63) is 34.6 Å². The highest BCUT2D eigenvalue weighted by Gasteiger charge is 2.18. The molecular formula is C15H23ClFN. The summed E-state index contributed by atoms with van der Waals surface area (Å²) in [5, 5.41) is 0.434. The van der Waals surface area contributed by atoms with Crippen molar-refractivity contribution in [1.82, 2.24) is 0 Å². The van der Waals surface area contributed by atoms with E-state index in [1.807, 2.05) is 0 Å². The second kappa shape index (κ2) is 7.75. The lowest BCUT2D eigenvalue weighted by molar-refractivity contribution is 0.357. The first-order valence-electron chi connectivity index (χ1n) is 6.78. The van der Waals surface area contributed by atoms with Crippen LogP contribution < -0.4 is 5.73 Å². The molecule has 0 saturated carbocycles. The van der Waals surface area contributed by atoms with Gasteiger partial charge in [-0.05, 0) is 42.9 Å². The number of hydrogen-bond acceptors (Lipinski definition) is 1. The van der Waals surface area contributed by atoms with Gasteiger partial charge in [0.15, 0.2) is 0 Å². The van der Waals surface area contributed by atoms with Crippen LogP contribution in [0.15, 0.2) is 18.2 Å². The van der Waals surface area contributed by atoms with Gasteiger partial charge in [0, 0.05) is 11.1 Å². The maximum atomic E-state index is 13.7. The van der Waals surface area contributed by atoms with Crippen molar-refractivity contribution in [3.63, 3.8) is 0 Å². The van der Waals surface area contributed by atoms with Gasteiger partial charge in [0.2, 0.25) is 0 Å². The molecule has 0 amide bonds. The molecule has 0 spiro atoms. The minimum Gasteiger partial charge on any atom is -0.327 e. The van der Waals surface area contributed by atoms with Crippen molar-refractivity contribution in [2.45, 2.75) is 52.0 Å². The SMILES string of the molecule is CCCC(CCC)C(N)Cc1ccc(Cl)cc1F. The first kappa shape index (κ1) is 15.5. The van der Waals surface area contributed by atoms with E-state index < -0.39 is 0 Å². The molecule has 0 bridgehead atoms. The predicted octanol–water partition coefficient (Wildman–Crippen LogP) is 4.57. The summed E-state index contributed by atoms with van der Waals surface area (Å²) in [6.07, 6.45) is 5.07. The monoisotopic (exact) mass is 271 g/mol. The number of halogens is 2. The zero-order valence-corrected chi connectivity index (χ0v) is 12.0. The molecule has 102 valence electrons. The van der Waals surface area contributed by atoms with E-state index in [0.29, 0.717) is 22.9 Å². The van der Waals surface area contributed by atoms with Crippen molar-refractivity contribution >= 4 is 11.6 Å². The first-order chi connectivity index (χ1) is 8.58. The molecule has 18 heavy (non-hydrogen) atoms. The summed E-state index contributed by atoms with van der Waals surface area (Å²) in [5.74, 6) is 0.236. The average Bonchev–Trinajstić information content (AvgIpc) is 2.32. The Kier molecular flexibility index (Phi) is 6.66. The lowest BCUT2D eigenvalue weighted by Crippen LogP contribution is -2.32. The maximum Gasteiger partial charge on any atom is 0.127 e. The van der Waals surface area contributed by atoms with Crippen LogP contribution in [0.3, 0.4) is 0 Å². The van der Waals surface area contributed by atoms with Gasteiger partial charge in [0.05, 0.1) is 0 Å². The molecule has 0 radical (unpaired) electrons. The molecule has 0 saturated heterocycles. The van der Waals surface area contributed by atoms with Gasteiger partial charge in [-0.2, -0.15) is 0 Å². The van der Waals surface area contributed by atoms with E-state index >= 15 is 0 Å². The van der Waals surface area contributed by atoms with Gasteiger partial charge in [-0.1, -0.05) is 44.4 Å². The first-order valence-corrected chi connectivity index (χ1v) is 7.15. The summed E-state index contributed by atoms with van der Waals surface area (Å²) in [5.41, 5.74) is 6.90. The van der Waals surface area contributed by atoms with E-state index in [2.05, 4.69) is 13.8 Å². The van der Waals surface area contributed by atoms with Crippen molar-refractivity contribution in [2.24, 2.45) is 11.7 Å². The Morgan fingerprint density at radius 2 is 1.83 bits per heavy atom. The molecule has 2 N–H and O–H groups in total. The molecule has 0 aromatic heterocycles. The average molecular weight is 272 g/mol. The van der Waals surface area contributed by atoms with Crippen molar-refractivity contribution < 1.29 is 4.39 Å². The second-order valence-corrected chi connectivity index (χ2v) is 5.38. The fourth-order valence-electron chi connectivity index (χ4n) is 2.42. The fraction of sp³-hybridized carbons (Fsp3) is 0.600. The number of nitrogens with two attached hydrogens (primary N) is 1. The number of benzene rings is 1. The van der Waals surface area contributed by atoms with Crippen LogP contribution in [0.1, 0.15) is 45.1 Å².